The second-order valence-electron chi connectivity index (χ2n) is 4.72. The summed E-state index contributed by atoms with van der Waals surface area (Å²) in [5, 5.41) is 2.67. The quantitative estimate of drug-likeness (QED) is 0.782. The van der Waals surface area contributed by atoms with Crippen LogP contribution in [0.2, 0.25) is 0 Å². The molecule has 1 N–H and O–H groups in total. The Morgan fingerprint density at radius 3 is 2.40 bits per heavy atom. The first-order valence-electron chi connectivity index (χ1n) is 6.08. The van der Waals surface area contributed by atoms with Gasteiger partial charge in [0, 0.05) is 6.54 Å². The summed E-state index contributed by atoms with van der Waals surface area (Å²) in [5.74, 6) is 1.58. The number of hydrogen-bond acceptors (Lipinski definition) is 2. The third kappa shape index (κ3) is 4.10. The molecule has 1 aliphatic carbocycles. The van der Waals surface area contributed by atoms with Crippen molar-refractivity contribution >= 4 is 6.09 Å². The van der Waals surface area contributed by atoms with Gasteiger partial charge in [-0.3, -0.25) is 0 Å². The lowest BCUT2D eigenvalue weighted by atomic mass is 9.80. The maximum Gasteiger partial charge on any atom is 0.407 e. The zero-order valence-electron chi connectivity index (χ0n) is 10.1. The van der Waals surface area contributed by atoms with Crippen LogP contribution in [0, 0.1) is 11.8 Å². The molecule has 0 bridgehead atoms. The van der Waals surface area contributed by atoms with Crippen molar-refractivity contribution in [2.75, 3.05) is 6.54 Å². The first-order chi connectivity index (χ1) is 7.13. The molecule has 3 heteroatoms. The minimum atomic E-state index is -0.259. The molecular formula is C12H23NO2. The van der Waals surface area contributed by atoms with Gasteiger partial charge in [-0.25, -0.2) is 4.79 Å². The first kappa shape index (κ1) is 12.3. The van der Waals surface area contributed by atoms with Gasteiger partial charge >= 0.3 is 6.09 Å². The molecule has 0 unspecified atom stereocenters. The fraction of sp³-hybridized carbons (Fsp3) is 0.917. The highest BCUT2D eigenvalue weighted by molar-refractivity contribution is 5.67. The van der Waals surface area contributed by atoms with Crippen LogP contribution in [0.5, 0.6) is 0 Å². The molecule has 1 amide bonds. The lowest BCUT2D eigenvalue weighted by Crippen LogP contribution is -2.31. The number of carbonyl (C=O) groups is 1. The van der Waals surface area contributed by atoms with Crippen molar-refractivity contribution in [3.63, 3.8) is 0 Å². The zero-order chi connectivity index (χ0) is 11.3. The van der Waals surface area contributed by atoms with Crippen molar-refractivity contribution in [2.24, 2.45) is 11.8 Å². The molecule has 1 rings (SSSR count). The summed E-state index contributed by atoms with van der Waals surface area (Å²) in [7, 11) is 0. The summed E-state index contributed by atoms with van der Waals surface area (Å²) in [6, 6.07) is 0. The Morgan fingerprint density at radius 1 is 1.33 bits per heavy atom. The van der Waals surface area contributed by atoms with Crippen LogP contribution in [-0.4, -0.2) is 18.7 Å². The number of amides is 1. The summed E-state index contributed by atoms with van der Waals surface area (Å²) in [4.78, 5) is 11.2. The largest absolute Gasteiger partial charge is 0.446 e. The van der Waals surface area contributed by atoms with Crippen molar-refractivity contribution in [2.45, 2.75) is 52.6 Å². The molecule has 0 aliphatic heterocycles. The molecule has 1 fully saturated rings. The van der Waals surface area contributed by atoms with Gasteiger partial charge in [0.05, 0.1) is 0 Å². The van der Waals surface area contributed by atoms with E-state index in [0.29, 0.717) is 6.54 Å². The van der Waals surface area contributed by atoms with E-state index in [1.807, 2.05) is 6.92 Å². The van der Waals surface area contributed by atoms with E-state index in [1.54, 1.807) is 0 Å². The SMILES string of the molecule is CCNC(=O)OC1CCC(C(C)C)CC1. The predicted octanol–water partition coefficient (Wildman–Crippen LogP) is 2.95. The standard InChI is InChI=1S/C12H23NO2/c1-4-13-12(14)15-11-7-5-10(6-8-11)9(2)3/h9-11H,4-8H2,1-3H3,(H,13,14). The van der Waals surface area contributed by atoms with Crippen LogP contribution in [0.15, 0.2) is 0 Å². The average molecular weight is 213 g/mol. The van der Waals surface area contributed by atoms with Crippen LogP contribution in [0.4, 0.5) is 4.79 Å². The number of rotatable bonds is 3. The maximum atomic E-state index is 11.2. The van der Waals surface area contributed by atoms with Crippen molar-refractivity contribution in [1.29, 1.82) is 0 Å². The van der Waals surface area contributed by atoms with Gasteiger partial charge < -0.3 is 10.1 Å². The Morgan fingerprint density at radius 2 is 1.93 bits per heavy atom. The molecule has 0 saturated heterocycles. The highest BCUT2D eigenvalue weighted by Crippen LogP contribution is 2.31. The van der Waals surface area contributed by atoms with Gasteiger partial charge in [0.1, 0.15) is 6.10 Å². The lowest BCUT2D eigenvalue weighted by Gasteiger charge is -2.30. The average Bonchev–Trinajstić information content (AvgIpc) is 2.18. The highest BCUT2D eigenvalue weighted by Gasteiger charge is 2.25. The monoisotopic (exact) mass is 213 g/mol. The van der Waals surface area contributed by atoms with E-state index in [2.05, 4.69) is 19.2 Å². The van der Waals surface area contributed by atoms with Crippen molar-refractivity contribution in [3.05, 3.63) is 0 Å². The number of alkyl carbamates (subject to hydrolysis) is 1. The van der Waals surface area contributed by atoms with Crippen LogP contribution in [-0.2, 0) is 4.74 Å². The zero-order valence-corrected chi connectivity index (χ0v) is 10.1. The predicted molar refractivity (Wildman–Crippen MR) is 60.7 cm³/mol. The van der Waals surface area contributed by atoms with E-state index < -0.39 is 0 Å². The van der Waals surface area contributed by atoms with Crippen LogP contribution >= 0.6 is 0 Å². The summed E-state index contributed by atoms with van der Waals surface area (Å²) in [5.41, 5.74) is 0. The van der Waals surface area contributed by atoms with Gasteiger partial charge in [-0.15, -0.1) is 0 Å². The van der Waals surface area contributed by atoms with Crippen LogP contribution in [0.1, 0.15) is 46.5 Å². The van der Waals surface area contributed by atoms with Gasteiger partial charge in [-0.05, 0) is 44.4 Å². The van der Waals surface area contributed by atoms with Crippen LogP contribution < -0.4 is 5.32 Å². The van der Waals surface area contributed by atoms with Gasteiger partial charge in [-0.1, -0.05) is 13.8 Å². The Hall–Kier alpha value is -0.730. The summed E-state index contributed by atoms with van der Waals surface area (Å²) in [6.07, 6.45) is 4.33. The molecule has 88 valence electrons. The molecular weight excluding hydrogens is 190 g/mol. The van der Waals surface area contributed by atoms with Crippen LogP contribution in [0.3, 0.4) is 0 Å². The number of ether oxygens (including phenoxy) is 1. The third-order valence-corrected chi connectivity index (χ3v) is 3.26. The van der Waals surface area contributed by atoms with E-state index in [-0.39, 0.29) is 12.2 Å². The molecule has 1 aliphatic rings. The second kappa shape index (κ2) is 5.99. The maximum absolute atomic E-state index is 11.2. The number of nitrogens with one attached hydrogen (secondary N) is 1. The Balaban J connectivity index is 2.22. The van der Waals surface area contributed by atoms with E-state index in [0.717, 1.165) is 24.7 Å². The Bertz CT molecular complexity index is 196. The summed E-state index contributed by atoms with van der Waals surface area (Å²) < 4.78 is 5.31. The normalized spacial score (nSPS) is 26.4. The van der Waals surface area contributed by atoms with Gasteiger partial charge in [0.2, 0.25) is 0 Å². The molecule has 1 saturated carbocycles. The molecule has 0 aromatic carbocycles. The summed E-state index contributed by atoms with van der Waals surface area (Å²) >= 11 is 0. The molecule has 0 atom stereocenters. The van der Waals surface area contributed by atoms with Gasteiger partial charge in [0.15, 0.2) is 0 Å². The van der Waals surface area contributed by atoms with Gasteiger partial charge in [-0.2, -0.15) is 0 Å². The fourth-order valence-corrected chi connectivity index (χ4v) is 2.21. The second-order valence-corrected chi connectivity index (χ2v) is 4.72. The molecule has 15 heavy (non-hydrogen) atoms. The van der Waals surface area contributed by atoms with E-state index in [4.69, 9.17) is 4.74 Å². The lowest BCUT2D eigenvalue weighted by molar-refractivity contribution is 0.0585. The molecule has 0 heterocycles. The van der Waals surface area contributed by atoms with Crippen LogP contribution in [0.25, 0.3) is 0 Å². The third-order valence-electron chi connectivity index (χ3n) is 3.26. The Kier molecular flexibility index (Phi) is 4.92. The molecule has 3 nitrogen and oxygen atoms in total. The fourth-order valence-electron chi connectivity index (χ4n) is 2.21. The Labute approximate surface area is 92.6 Å². The van der Waals surface area contributed by atoms with Gasteiger partial charge in [0.25, 0.3) is 0 Å². The minimum absolute atomic E-state index is 0.145. The minimum Gasteiger partial charge on any atom is -0.446 e. The molecule has 0 spiro atoms. The van der Waals surface area contributed by atoms with E-state index in [1.165, 1.54) is 12.8 Å². The molecule has 0 aromatic heterocycles. The number of hydrogen-bond donors (Lipinski definition) is 1. The summed E-state index contributed by atoms with van der Waals surface area (Å²) in [6.45, 7) is 7.09. The number of carbonyl (C=O) groups excluding carboxylic acids is 1. The first-order valence-corrected chi connectivity index (χ1v) is 6.08. The van der Waals surface area contributed by atoms with Crippen molar-refractivity contribution in [3.8, 4) is 0 Å². The highest BCUT2D eigenvalue weighted by atomic mass is 16.6. The topological polar surface area (TPSA) is 38.3 Å². The molecule has 0 aromatic rings. The molecule has 0 radical (unpaired) electrons. The van der Waals surface area contributed by atoms with Crippen molar-refractivity contribution in [1.82, 2.24) is 5.32 Å². The van der Waals surface area contributed by atoms with E-state index >= 15 is 0 Å². The van der Waals surface area contributed by atoms with E-state index in [9.17, 15) is 4.79 Å². The smallest absolute Gasteiger partial charge is 0.407 e. The van der Waals surface area contributed by atoms with Crippen molar-refractivity contribution < 1.29 is 9.53 Å².